The Labute approximate surface area is 191 Å². The minimum atomic E-state index is -0.436. The topological polar surface area (TPSA) is 90.1 Å². The first-order valence-corrected chi connectivity index (χ1v) is 10.8. The third-order valence-corrected chi connectivity index (χ3v) is 5.76. The van der Waals surface area contributed by atoms with E-state index in [2.05, 4.69) is 51.4 Å². The van der Waals surface area contributed by atoms with Gasteiger partial charge in [-0.1, -0.05) is 60.4 Å². The van der Waals surface area contributed by atoms with E-state index in [1.807, 2.05) is 42.5 Å². The van der Waals surface area contributed by atoms with E-state index in [4.69, 9.17) is 10.5 Å². The zero-order valence-electron chi connectivity index (χ0n) is 17.9. The molecule has 3 N–H and O–H groups in total. The van der Waals surface area contributed by atoms with Crippen molar-refractivity contribution in [2.45, 2.75) is 12.3 Å². The molecule has 6 nitrogen and oxygen atoms in total. The second-order valence-corrected chi connectivity index (χ2v) is 7.79. The molecule has 0 spiro atoms. The standard InChI is InChI=1S/C27H22N4O2/c28-26-23-15-18(12-13-25(23)30-17-31-26)7-5-6-14-29-27(32)33-16-24-21-10-3-1-8-19(21)20-9-2-4-11-22(20)24/h1-4,8-13,15,17,24H,6,14,16H2,(H,29,32)(H2,28,30,31). The van der Waals surface area contributed by atoms with E-state index in [-0.39, 0.29) is 5.92 Å². The number of fused-ring (bicyclic) bond motifs is 4. The van der Waals surface area contributed by atoms with E-state index in [1.165, 1.54) is 28.6 Å². The number of nitrogens with one attached hydrogen (secondary N) is 1. The summed E-state index contributed by atoms with van der Waals surface area (Å²) in [7, 11) is 0. The minimum Gasteiger partial charge on any atom is -0.449 e. The number of alkyl carbamates (subject to hydrolysis) is 1. The van der Waals surface area contributed by atoms with Gasteiger partial charge in [-0.3, -0.25) is 0 Å². The Morgan fingerprint density at radius 2 is 1.73 bits per heavy atom. The van der Waals surface area contributed by atoms with Gasteiger partial charge >= 0.3 is 6.09 Å². The molecule has 0 saturated heterocycles. The summed E-state index contributed by atoms with van der Waals surface area (Å²) >= 11 is 0. The lowest BCUT2D eigenvalue weighted by Crippen LogP contribution is -2.26. The quantitative estimate of drug-likeness (QED) is 0.365. The predicted octanol–water partition coefficient (Wildman–Crippen LogP) is 4.49. The molecule has 1 heterocycles. The summed E-state index contributed by atoms with van der Waals surface area (Å²) in [5.74, 6) is 6.63. The highest BCUT2D eigenvalue weighted by molar-refractivity contribution is 5.88. The molecule has 3 aromatic carbocycles. The number of carbonyl (C=O) groups excluding carboxylic acids is 1. The van der Waals surface area contributed by atoms with Crippen molar-refractivity contribution >= 4 is 22.8 Å². The van der Waals surface area contributed by atoms with Crippen molar-refractivity contribution in [2.75, 3.05) is 18.9 Å². The number of carbonyl (C=O) groups is 1. The summed E-state index contributed by atoms with van der Waals surface area (Å²) in [5, 5.41) is 3.55. The average Bonchev–Trinajstić information content (AvgIpc) is 3.17. The molecule has 0 bridgehead atoms. The second kappa shape index (κ2) is 9.01. The number of nitrogen functional groups attached to an aromatic ring is 1. The number of nitrogens with zero attached hydrogens (tertiary/aromatic N) is 2. The van der Waals surface area contributed by atoms with Crippen LogP contribution in [0, 0.1) is 11.8 Å². The molecule has 1 amide bonds. The summed E-state index contributed by atoms with van der Waals surface area (Å²) < 4.78 is 5.54. The number of rotatable bonds is 4. The fourth-order valence-electron chi connectivity index (χ4n) is 4.20. The summed E-state index contributed by atoms with van der Waals surface area (Å²) in [6, 6.07) is 22.2. The smallest absolute Gasteiger partial charge is 0.407 e. The van der Waals surface area contributed by atoms with Crippen molar-refractivity contribution in [3.05, 3.63) is 89.7 Å². The van der Waals surface area contributed by atoms with E-state index in [0.29, 0.717) is 25.4 Å². The number of hydrogen-bond donors (Lipinski definition) is 2. The van der Waals surface area contributed by atoms with Crippen LogP contribution >= 0.6 is 0 Å². The molecular weight excluding hydrogens is 412 g/mol. The third kappa shape index (κ3) is 4.21. The van der Waals surface area contributed by atoms with E-state index in [1.54, 1.807) is 0 Å². The third-order valence-electron chi connectivity index (χ3n) is 5.76. The Morgan fingerprint density at radius 3 is 2.48 bits per heavy atom. The SMILES string of the molecule is Nc1ncnc2ccc(C#CCCNC(=O)OCC3c4ccccc4-c4ccccc43)cc12. The monoisotopic (exact) mass is 434 g/mol. The van der Waals surface area contributed by atoms with Crippen molar-refractivity contribution in [1.82, 2.24) is 15.3 Å². The van der Waals surface area contributed by atoms with Crippen molar-refractivity contribution in [3.8, 4) is 23.0 Å². The first-order chi connectivity index (χ1) is 16.2. The fourth-order valence-corrected chi connectivity index (χ4v) is 4.20. The van der Waals surface area contributed by atoms with Gasteiger partial charge in [0.2, 0.25) is 0 Å². The molecule has 1 aliphatic carbocycles. The first-order valence-electron chi connectivity index (χ1n) is 10.8. The van der Waals surface area contributed by atoms with E-state index >= 15 is 0 Å². The van der Waals surface area contributed by atoms with Gasteiger partial charge in [0.15, 0.2) is 0 Å². The van der Waals surface area contributed by atoms with Crippen LogP contribution in [0.25, 0.3) is 22.0 Å². The van der Waals surface area contributed by atoms with Gasteiger partial charge in [-0.15, -0.1) is 0 Å². The van der Waals surface area contributed by atoms with E-state index < -0.39 is 6.09 Å². The van der Waals surface area contributed by atoms with Crippen LogP contribution in [-0.2, 0) is 4.74 Å². The number of aromatic nitrogens is 2. The zero-order valence-corrected chi connectivity index (χ0v) is 17.9. The Balaban J connectivity index is 1.14. The molecule has 6 heteroatoms. The molecule has 5 rings (SSSR count). The lowest BCUT2D eigenvalue weighted by atomic mass is 9.98. The van der Waals surface area contributed by atoms with Crippen LogP contribution in [0.5, 0.6) is 0 Å². The van der Waals surface area contributed by atoms with Crippen LogP contribution in [-0.4, -0.2) is 29.2 Å². The van der Waals surface area contributed by atoms with Gasteiger partial charge in [-0.2, -0.15) is 0 Å². The first kappa shape index (κ1) is 20.5. The molecule has 1 aliphatic rings. The molecule has 0 aliphatic heterocycles. The maximum absolute atomic E-state index is 12.2. The maximum atomic E-state index is 12.2. The normalized spacial score (nSPS) is 11.9. The number of ether oxygens (including phenoxy) is 1. The highest BCUT2D eigenvalue weighted by Crippen LogP contribution is 2.44. The zero-order chi connectivity index (χ0) is 22.6. The molecule has 0 fully saturated rings. The second-order valence-electron chi connectivity index (χ2n) is 7.79. The number of nitrogens with two attached hydrogens (primary N) is 1. The van der Waals surface area contributed by atoms with Gasteiger partial charge in [0, 0.05) is 29.8 Å². The van der Waals surface area contributed by atoms with Gasteiger partial charge in [0.1, 0.15) is 18.8 Å². The number of anilines is 1. The Hall–Kier alpha value is -4.37. The van der Waals surface area contributed by atoms with Crippen LogP contribution in [0.4, 0.5) is 10.6 Å². The van der Waals surface area contributed by atoms with Crippen LogP contribution in [0.2, 0.25) is 0 Å². The summed E-state index contributed by atoms with van der Waals surface area (Å²) in [5.41, 5.74) is 12.3. The molecule has 0 radical (unpaired) electrons. The number of hydrogen-bond acceptors (Lipinski definition) is 5. The summed E-state index contributed by atoms with van der Waals surface area (Å²) in [6.45, 7) is 0.703. The lowest BCUT2D eigenvalue weighted by Gasteiger charge is -2.14. The molecule has 4 aromatic rings. The van der Waals surface area contributed by atoms with Crippen LogP contribution in [0.3, 0.4) is 0 Å². The summed E-state index contributed by atoms with van der Waals surface area (Å²) in [4.78, 5) is 20.4. The Morgan fingerprint density at radius 1 is 1.00 bits per heavy atom. The van der Waals surface area contributed by atoms with Crippen molar-refractivity contribution in [2.24, 2.45) is 0 Å². The molecular formula is C27H22N4O2. The van der Waals surface area contributed by atoms with Crippen LogP contribution < -0.4 is 11.1 Å². The fraction of sp³-hybridized carbons (Fsp3) is 0.148. The highest BCUT2D eigenvalue weighted by atomic mass is 16.5. The predicted molar refractivity (Wildman–Crippen MR) is 129 cm³/mol. The van der Waals surface area contributed by atoms with Crippen LogP contribution in [0.15, 0.2) is 73.1 Å². The van der Waals surface area contributed by atoms with Gasteiger partial charge < -0.3 is 15.8 Å². The molecule has 33 heavy (non-hydrogen) atoms. The molecule has 0 unspecified atom stereocenters. The van der Waals surface area contributed by atoms with Gasteiger partial charge in [0.05, 0.1) is 5.52 Å². The minimum absolute atomic E-state index is 0.0484. The Bertz CT molecular complexity index is 1360. The Kier molecular flexibility index (Phi) is 5.61. The molecule has 162 valence electrons. The van der Waals surface area contributed by atoms with E-state index in [9.17, 15) is 4.79 Å². The van der Waals surface area contributed by atoms with Gasteiger partial charge in [0.25, 0.3) is 0 Å². The highest BCUT2D eigenvalue weighted by Gasteiger charge is 2.28. The van der Waals surface area contributed by atoms with Crippen molar-refractivity contribution < 1.29 is 9.53 Å². The van der Waals surface area contributed by atoms with Crippen molar-refractivity contribution in [3.63, 3.8) is 0 Å². The number of amides is 1. The van der Waals surface area contributed by atoms with Crippen LogP contribution in [0.1, 0.15) is 29.0 Å². The number of benzene rings is 3. The van der Waals surface area contributed by atoms with Crippen molar-refractivity contribution in [1.29, 1.82) is 0 Å². The van der Waals surface area contributed by atoms with Gasteiger partial charge in [-0.05, 0) is 40.5 Å². The van der Waals surface area contributed by atoms with Gasteiger partial charge in [-0.25, -0.2) is 14.8 Å². The van der Waals surface area contributed by atoms with E-state index in [0.717, 1.165) is 16.5 Å². The largest absolute Gasteiger partial charge is 0.449 e. The lowest BCUT2D eigenvalue weighted by molar-refractivity contribution is 0.143. The summed E-state index contributed by atoms with van der Waals surface area (Å²) in [6.07, 6.45) is 1.51. The maximum Gasteiger partial charge on any atom is 0.407 e. The average molecular weight is 434 g/mol. The molecule has 0 atom stereocenters. The molecule has 0 saturated carbocycles. The molecule has 1 aromatic heterocycles.